The highest BCUT2D eigenvalue weighted by Crippen LogP contribution is 2.27. The Bertz CT molecular complexity index is 571. The van der Waals surface area contributed by atoms with Crippen LogP contribution in [0.5, 0.6) is 5.75 Å². The average Bonchev–Trinajstić information content (AvgIpc) is 2.46. The lowest BCUT2D eigenvalue weighted by atomic mass is 9.99. The molecule has 4 heteroatoms. The zero-order valence-corrected chi connectivity index (χ0v) is 12.2. The largest absolute Gasteiger partial charge is 0.497 e. The standard InChI is InChI=1S/C16H17ClFNO/c1-19-16(14-8-5-12(18)10-15(14)17)9-11-3-6-13(20-2)7-4-11/h3-8,10,16,19H,9H2,1-2H3. The Morgan fingerprint density at radius 1 is 1.20 bits per heavy atom. The SMILES string of the molecule is CNC(Cc1ccc(OC)cc1)c1ccc(F)cc1Cl. The topological polar surface area (TPSA) is 21.3 Å². The van der Waals surface area contributed by atoms with Crippen LogP contribution in [0.1, 0.15) is 17.2 Å². The molecule has 0 bridgehead atoms. The van der Waals surface area contributed by atoms with Gasteiger partial charge < -0.3 is 10.1 Å². The molecule has 106 valence electrons. The van der Waals surface area contributed by atoms with Crippen LogP contribution in [0.15, 0.2) is 42.5 Å². The van der Waals surface area contributed by atoms with Gasteiger partial charge in [-0.1, -0.05) is 29.8 Å². The second-order valence-corrected chi connectivity index (χ2v) is 4.97. The van der Waals surface area contributed by atoms with Crippen molar-refractivity contribution in [3.05, 3.63) is 64.4 Å². The van der Waals surface area contributed by atoms with E-state index in [-0.39, 0.29) is 11.9 Å². The molecule has 1 N–H and O–H groups in total. The number of halogens is 2. The lowest BCUT2D eigenvalue weighted by Gasteiger charge is -2.18. The van der Waals surface area contributed by atoms with Gasteiger partial charge in [0.15, 0.2) is 0 Å². The third kappa shape index (κ3) is 3.50. The fourth-order valence-corrected chi connectivity index (χ4v) is 2.45. The van der Waals surface area contributed by atoms with Crippen molar-refractivity contribution in [3.8, 4) is 5.75 Å². The summed E-state index contributed by atoms with van der Waals surface area (Å²) in [5, 5.41) is 3.66. The van der Waals surface area contributed by atoms with Crippen LogP contribution in [0.3, 0.4) is 0 Å². The van der Waals surface area contributed by atoms with E-state index in [0.29, 0.717) is 5.02 Å². The highest BCUT2D eigenvalue weighted by molar-refractivity contribution is 6.31. The maximum absolute atomic E-state index is 13.1. The maximum atomic E-state index is 13.1. The van der Waals surface area contributed by atoms with E-state index in [1.807, 2.05) is 31.3 Å². The molecule has 1 atom stereocenters. The average molecular weight is 294 g/mol. The zero-order valence-electron chi connectivity index (χ0n) is 11.5. The van der Waals surface area contributed by atoms with Crippen LogP contribution in [-0.2, 0) is 6.42 Å². The van der Waals surface area contributed by atoms with Crippen molar-refractivity contribution in [3.63, 3.8) is 0 Å². The number of methoxy groups -OCH3 is 1. The van der Waals surface area contributed by atoms with E-state index < -0.39 is 0 Å². The van der Waals surface area contributed by atoms with Crippen LogP contribution in [0.4, 0.5) is 4.39 Å². The van der Waals surface area contributed by atoms with Crippen LogP contribution in [0, 0.1) is 5.82 Å². The smallest absolute Gasteiger partial charge is 0.124 e. The van der Waals surface area contributed by atoms with Crippen LogP contribution >= 0.6 is 11.6 Å². The first-order valence-corrected chi connectivity index (χ1v) is 6.77. The van der Waals surface area contributed by atoms with Crippen molar-refractivity contribution >= 4 is 11.6 Å². The molecule has 2 aromatic rings. The predicted octanol–water partition coefficient (Wildman–Crippen LogP) is 3.99. The van der Waals surface area contributed by atoms with E-state index in [1.54, 1.807) is 13.2 Å². The summed E-state index contributed by atoms with van der Waals surface area (Å²) in [6.07, 6.45) is 0.770. The second-order valence-electron chi connectivity index (χ2n) is 4.56. The molecule has 1 unspecified atom stereocenters. The number of hydrogen-bond donors (Lipinski definition) is 1. The first kappa shape index (κ1) is 14.8. The van der Waals surface area contributed by atoms with Crippen molar-refractivity contribution in [2.45, 2.75) is 12.5 Å². The van der Waals surface area contributed by atoms with E-state index in [0.717, 1.165) is 23.3 Å². The predicted molar refractivity (Wildman–Crippen MR) is 79.9 cm³/mol. The van der Waals surface area contributed by atoms with Gasteiger partial charge in [-0.3, -0.25) is 0 Å². The van der Waals surface area contributed by atoms with Gasteiger partial charge in [-0.2, -0.15) is 0 Å². The summed E-state index contributed by atoms with van der Waals surface area (Å²) < 4.78 is 18.2. The summed E-state index contributed by atoms with van der Waals surface area (Å²) in [5.74, 6) is 0.507. The van der Waals surface area contributed by atoms with E-state index in [2.05, 4.69) is 5.32 Å². The molecule has 0 aliphatic carbocycles. The minimum Gasteiger partial charge on any atom is -0.497 e. The summed E-state index contributed by atoms with van der Waals surface area (Å²) in [6.45, 7) is 0. The number of rotatable bonds is 5. The number of hydrogen-bond acceptors (Lipinski definition) is 2. The van der Waals surface area contributed by atoms with Crippen molar-refractivity contribution < 1.29 is 9.13 Å². The Balaban J connectivity index is 2.19. The molecule has 0 aliphatic heterocycles. The number of nitrogens with one attached hydrogen (secondary N) is 1. The van der Waals surface area contributed by atoms with Gasteiger partial charge >= 0.3 is 0 Å². The lowest BCUT2D eigenvalue weighted by Crippen LogP contribution is -2.19. The first-order valence-electron chi connectivity index (χ1n) is 6.39. The molecular weight excluding hydrogens is 277 g/mol. The van der Waals surface area contributed by atoms with Crippen molar-refractivity contribution in [2.24, 2.45) is 0 Å². The summed E-state index contributed by atoms with van der Waals surface area (Å²) in [5.41, 5.74) is 2.05. The number of benzene rings is 2. The van der Waals surface area contributed by atoms with Gasteiger partial charge in [0.05, 0.1) is 7.11 Å². The van der Waals surface area contributed by atoms with Crippen molar-refractivity contribution in [1.29, 1.82) is 0 Å². The maximum Gasteiger partial charge on any atom is 0.124 e. The minimum atomic E-state index is -0.321. The van der Waals surface area contributed by atoms with Crippen molar-refractivity contribution in [2.75, 3.05) is 14.2 Å². The Morgan fingerprint density at radius 3 is 2.45 bits per heavy atom. The molecule has 20 heavy (non-hydrogen) atoms. The van der Waals surface area contributed by atoms with Crippen LogP contribution in [0.2, 0.25) is 5.02 Å². The summed E-state index contributed by atoms with van der Waals surface area (Å²) >= 11 is 6.12. The normalized spacial score (nSPS) is 12.2. The molecule has 2 nitrogen and oxygen atoms in total. The molecule has 0 aromatic heterocycles. The number of ether oxygens (including phenoxy) is 1. The van der Waals surface area contributed by atoms with Gasteiger partial charge in [-0.25, -0.2) is 4.39 Å². The third-order valence-electron chi connectivity index (χ3n) is 3.29. The van der Waals surface area contributed by atoms with Crippen LogP contribution in [-0.4, -0.2) is 14.2 Å². The highest BCUT2D eigenvalue weighted by atomic mass is 35.5. The molecule has 0 fully saturated rings. The summed E-state index contributed by atoms with van der Waals surface area (Å²) in [7, 11) is 3.51. The summed E-state index contributed by atoms with van der Waals surface area (Å²) in [6, 6.07) is 12.4. The molecule has 2 rings (SSSR count). The van der Waals surface area contributed by atoms with Crippen LogP contribution < -0.4 is 10.1 Å². The highest BCUT2D eigenvalue weighted by Gasteiger charge is 2.14. The van der Waals surface area contributed by atoms with Gasteiger partial charge in [0.1, 0.15) is 11.6 Å². The van der Waals surface area contributed by atoms with E-state index >= 15 is 0 Å². The molecule has 0 saturated carbocycles. The quantitative estimate of drug-likeness (QED) is 0.900. The van der Waals surface area contributed by atoms with Crippen LogP contribution in [0.25, 0.3) is 0 Å². The van der Waals surface area contributed by atoms with E-state index in [4.69, 9.17) is 16.3 Å². The summed E-state index contributed by atoms with van der Waals surface area (Å²) in [4.78, 5) is 0. The molecular formula is C16H17ClFNO. The molecule has 2 aromatic carbocycles. The Morgan fingerprint density at radius 2 is 1.90 bits per heavy atom. The molecule has 0 radical (unpaired) electrons. The van der Waals surface area contributed by atoms with E-state index in [9.17, 15) is 4.39 Å². The monoisotopic (exact) mass is 293 g/mol. The van der Waals surface area contributed by atoms with Gasteiger partial charge in [0.25, 0.3) is 0 Å². The number of likely N-dealkylation sites (N-methyl/N-ethyl adjacent to an activating group) is 1. The van der Waals surface area contributed by atoms with Gasteiger partial charge in [-0.15, -0.1) is 0 Å². The van der Waals surface area contributed by atoms with Gasteiger partial charge in [0.2, 0.25) is 0 Å². The van der Waals surface area contributed by atoms with E-state index in [1.165, 1.54) is 12.1 Å². The third-order valence-corrected chi connectivity index (χ3v) is 3.61. The second kappa shape index (κ2) is 6.73. The fourth-order valence-electron chi connectivity index (χ4n) is 2.15. The Hall–Kier alpha value is -1.58. The van der Waals surface area contributed by atoms with Gasteiger partial charge in [-0.05, 0) is 48.9 Å². The molecule has 0 amide bonds. The minimum absolute atomic E-state index is 0.0384. The zero-order chi connectivity index (χ0) is 14.5. The lowest BCUT2D eigenvalue weighted by molar-refractivity contribution is 0.414. The molecule has 0 saturated heterocycles. The molecule has 0 heterocycles. The fraction of sp³-hybridized carbons (Fsp3) is 0.250. The Labute approximate surface area is 123 Å². The first-order chi connectivity index (χ1) is 9.63. The van der Waals surface area contributed by atoms with Crippen molar-refractivity contribution in [1.82, 2.24) is 5.32 Å². The molecule has 0 aliphatic rings. The Kier molecular flexibility index (Phi) is 4.99. The molecule has 0 spiro atoms. The van der Waals surface area contributed by atoms with Gasteiger partial charge in [0, 0.05) is 11.1 Å².